The Labute approximate surface area is 119 Å². The average Bonchev–Trinajstić information content (AvgIpc) is 2.30. The zero-order valence-electron chi connectivity index (χ0n) is 12.2. The van der Waals surface area contributed by atoms with Gasteiger partial charge >= 0.3 is 0 Å². The molecular formula is C16H21NO3. The molecule has 2 N–H and O–H groups in total. The summed E-state index contributed by atoms with van der Waals surface area (Å²) in [4.78, 5) is 16.1. The van der Waals surface area contributed by atoms with Gasteiger partial charge in [0.1, 0.15) is 11.5 Å². The van der Waals surface area contributed by atoms with Crippen molar-refractivity contribution in [1.29, 1.82) is 0 Å². The number of hydrogen-bond acceptors (Lipinski definition) is 4. The van der Waals surface area contributed by atoms with Crippen molar-refractivity contribution in [2.45, 2.75) is 33.6 Å². The molecule has 0 amide bonds. The summed E-state index contributed by atoms with van der Waals surface area (Å²) >= 11 is 0. The molecule has 108 valence electrons. The topological polar surface area (TPSA) is 69.9 Å². The van der Waals surface area contributed by atoms with E-state index in [0.29, 0.717) is 18.5 Å². The summed E-state index contributed by atoms with van der Waals surface area (Å²) in [6.45, 7) is 9.02. The molecule has 20 heavy (non-hydrogen) atoms. The van der Waals surface area contributed by atoms with E-state index in [-0.39, 0.29) is 28.3 Å². The van der Waals surface area contributed by atoms with E-state index in [0.717, 1.165) is 0 Å². The van der Waals surface area contributed by atoms with Gasteiger partial charge in [-0.1, -0.05) is 26.5 Å². The van der Waals surface area contributed by atoms with E-state index in [9.17, 15) is 9.90 Å². The molecule has 0 saturated heterocycles. The average molecular weight is 275 g/mol. The molecule has 4 heteroatoms. The molecular weight excluding hydrogens is 254 g/mol. The van der Waals surface area contributed by atoms with Gasteiger partial charge in [0.15, 0.2) is 5.78 Å². The van der Waals surface area contributed by atoms with Gasteiger partial charge in [-0.15, -0.1) is 0 Å². The van der Waals surface area contributed by atoms with Crippen LogP contribution in [0.15, 0.2) is 52.6 Å². The van der Waals surface area contributed by atoms with E-state index in [1.54, 1.807) is 19.1 Å². The highest BCUT2D eigenvalue weighted by Crippen LogP contribution is 2.35. The fourth-order valence-corrected chi connectivity index (χ4v) is 1.98. The van der Waals surface area contributed by atoms with Crippen LogP contribution in [-0.4, -0.2) is 22.2 Å². The highest BCUT2D eigenvalue weighted by Gasteiger charge is 2.32. The molecule has 1 aliphatic rings. The Morgan fingerprint density at radius 1 is 1.35 bits per heavy atom. The summed E-state index contributed by atoms with van der Waals surface area (Å²) in [7, 11) is 0. The second-order valence-corrected chi connectivity index (χ2v) is 5.60. The molecule has 0 aromatic rings. The number of hydrogen-bond donors (Lipinski definition) is 2. The molecule has 0 aromatic heterocycles. The van der Waals surface area contributed by atoms with Gasteiger partial charge in [0.2, 0.25) is 0 Å². The second kappa shape index (κ2) is 6.37. The highest BCUT2D eigenvalue weighted by molar-refractivity contribution is 6.14. The summed E-state index contributed by atoms with van der Waals surface area (Å²) in [5.41, 5.74) is 0.620. The molecule has 0 unspecified atom stereocenters. The lowest BCUT2D eigenvalue weighted by atomic mass is 9.77. The molecule has 0 radical (unpaired) electrons. The van der Waals surface area contributed by atoms with Gasteiger partial charge in [-0.05, 0) is 24.5 Å². The molecule has 0 spiro atoms. The van der Waals surface area contributed by atoms with Crippen molar-refractivity contribution in [3.05, 3.63) is 47.6 Å². The SMILES string of the molecule is C=C(O)/C=C\C(=C/C)N=CC1=C(O)CC(C)(C)CC1=O. The Morgan fingerprint density at radius 3 is 2.50 bits per heavy atom. The minimum Gasteiger partial charge on any atom is -0.511 e. The first-order chi connectivity index (χ1) is 9.25. The van der Waals surface area contributed by atoms with Crippen molar-refractivity contribution < 1.29 is 15.0 Å². The van der Waals surface area contributed by atoms with Crippen LogP contribution in [0.4, 0.5) is 0 Å². The zero-order chi connectivity index (χ0) is 15.3. The Balaban J connectivity index is 2.94. The summed E-state index contributed by atoms with van der Waals surface area (Å²) in [6.07, 6.45) is 6.96. The third kappa shape index (κ3) is 4.53. The van der Waals surface area contributed by atoms with Crippen molar-refractivity contribution in [3.8, 4) is 0 Å². The van der Waals surface area contributed by atoms with Crippen molar-refractivity contribution in [1.82, 2.24) is 0 Å². The third-order valence-electron chi connectivity index (χ3n) is 2.98. The van der Waals surface area contributed by atoms with E-state index in [4.69, 9.17) is 5.11 Å². The number of Topliss-reactive ketones (excluding diaryl/α,β-unsaturated/α-hetero) is 1. The number of carbonyl (C=O) groups is 1. The smallest absolute Gasteiger partial charge is 0.168 e. The van der Waals surface area contributed by atoms with Crippen LogP contribution in [0, 0.1) is 5.41 Å². The first-order valence-electron chi connectivity index (χ1n) is 6.47. The zero-order valence-corrected chi connectivity index (χ0v) is 12.2. The van der Waals surface area contributed by atoms with Crippen LogP contribution in [0.5, 0.6) is 0 Å². The summed E-state index contributed by atoms with van der Waals surface area (Å²) < 4.78 is 0. The number of ketones is 1. The summed E-state index contributed by atoms with van der Waals surface area (Å²) in [6, 6.07) is 0. The van der Waals surface area contributed by atoms with Crippen molar-refractivity contribution in [2.24, 2.45) is 10.4 Å². The number of rotatable bonds is 4. The Hall–Kier alpha value is -2.10. The van der Waals surface area contributed by atoms with Crippen LogP contribution < -0.4 is 0 Å². The molecule has 0 fully saturated rings. The number of carbonyl (C=O) groups excluding carboxylic acids is 1. The van der Waals surface area contributed by atoms with Crippen molar-refractivity contribution in [2.75, 3.05) is 0 Å². The number of aliphatic hydroxyl groups is 2. The van der Waals surface area contributed by atoms with Crippen LogP contribution in [0.1, 0.15) is 33.6 Å². The lowest BCUT2D eigenvalue weighted by Gasteiger charge is -2.28. The summed E-state index contributed by atoms with van der Waals surface area (Å²) in [5, 5.41) is 18.9. The quantitative estimate of drug-likeness (QED) is 0.466. The molecule has 1 rings (SSSR count). The maximum atomic E-state index is 12.0. The molecule has 1 aliphatic carbocycles. The van der Waals surface area contributed by atoms with Gasteiger partial charge in [0, 0.05) is 19.1 Å². The number of nitrogens with zero attached hydrogens (tertiary/aromatic N) is 1. The van der Waals surface area contributed by atoms with Gasteiger partial charge in [0.25, 0.3) is 0 Å². The lowest BCUT2D eigenvalue weighted by Crippen LogP contribution is -2.26. The van der Waals surface area contributed by atoms with Gasteiger partial charge in [0.05, 0.1) is 11.3 Å². The molecule has 0 heterocycles. The largest absolute Gasteiger partial charge is 0.511 e. The van der Waals surface area contributed by atoms with E-state index >= 15 is 0 Å². The van der Waals surface area contributed by atoms with Gasteiger partial charge in [-0.25, -0.2) is 0 Å². The fraction of sp³-hybridized carbons (Fsp3) is 0.375. The Morgan fingerprint density at radius 2 is 2.00 bits per heavy atom. The molecule has 0 atom stereocenters. The van der Waals surface area contributed by atoms with E-state index in [2.05, 4.69) is 11.6 Å². The first kappa shape index (κ1) is 16.0. The first-order valence-corrected chi connectivity index (χ1v) is 6.47. The minimum atomic E-state index is -0.212. The van der Waals surface area contributed by atoms with Crippen molar-refractivity contribution >= 4 is 12.0 Å². The monoisotopic (exact) mass is 275 g/mol. The van der Waals surface area contributed by atoms with Crippen LogP contribution in [0.2, 0.25) is 0 Å². The molecule has 0 aliphatic heterocycles. The molecule has 0 aromatic carbocycles. The molecule has 0 saturated carbocycles. The highest BCUT2D eigenvalue weighted by atomic mass is 16.3. The molecule has 0 bridgehead atoms. The van der Waals surface area contributed by atoms with Crippen LogP contribution in [0.25, 0.3) is 0 Å². The number of aliphatic hydroxyl groups excluding tert-OH is 2. The van der Waals surface area contributed by atoms with Crippen LogP contribution in [0.3, 0.4) is 0 Å². The normalized spacial score (nSPS) is 20.1. The Kier molecular flexibility index (Phi) is 5.08. The maximum Gasteiger partial charge on any atom is 0.168 e. The predicted molar refractivity (Wildman–Crippen MR) is 80.8 cm³/mol. The predicted octanol–water partition coefficient (Wildman–Crippen LogP) is 3.79. The van der Waals surface area contributed by atoms with Gasteiger partial charge in [-0.3, -0.25) is 9.79 Å². The number of aliphatic imine (C=N–C) groups is 1. The maximum absolute atomic E-state index is 12.0. The van der Waals surface area contributed by atoms with Crippen LogP contribution >= 0.6 is 0 Å². The second-order valence-electron chi connectivity index (χ2n) is 5.60. The van der Waals surface area contributed by atoms with E-state index in [1.165, 1.54) is 12.3 Å². The van der Waals surface area contributed by atoms with Gasteiger partial charge < -0.3 is 10.2 Å². The van der Waals surface area contributed by atoms with E-state index in [1.807, 2.05) is 13.8 Å². The third-order valence-corrected chi connectivity index (χ3v) is 2.98. The fourth-order valence-electron chi connectivity index (χ4n) is 1.98. The minimum absolute atomic E-state index is 0.0721. The summed E-state index contributed by atoms with van der Waals surface area (Å²) in [5.74, 6) is -0.0911. The Bertz CT molecular complexity index is 534. The van der Waals surface area contributed by atoms with Crippen LogP contribution in [-0.2, 0) is 4.79 Å². The number of allylic oxidation sites excluding steroid dienone is 5. The van der Waals surface area contributed by atoms with E-state index < -0.39 is 0 Å². The standard InChI is InChI=1S/C16H21NO3/c1-5-12(7-6-11(2)18)17-10-13-14(19)8-16(3,4)9-15(13)20/h5-7,10,18-19H,2,8-9H2,1,3-4H3/b7-6-,12-5+,17-10?. The van der Waals surface area contributed by atoms with Gasteiger partial charge in [-0.2, -0.15) is 0 Å². The lowest BCUT2D eigenvalue weighted by molar-refractivity contribution is -0.117. The van der Waals surface area contributed by atoms with Crippen molar-refractivity contribution in [3.63, 3.8) is 0 Å². The molecule has 4 nitrogen and oxygen atoms in total.